The van der Waals surface area contributed by atoms with Crippen molar-refractivity contribution in [2.24, 2.45) is 0 Å². The highest BCUT2D eigenvalue weighted by Gasteiger charge is 2.07. The van der Waals surface area contributed by atoms with E-state index >= 15 is 0 Å². The lowest BCUT2D eigenvalue weighted by Crippen LogP contribution is -2.14. The molecule has 6 nitrogen and oxygen atoms in total. The second-order valence-electron chi connectivity index (χ2n) is 3.65. The number of nitrogens with one attached hydrogen (secondary N) is 1. The molecule has 0 fully saturated rings. The van der Waals surface area contributed by atoms with Crippen LogP contribution in [0.1, 0.15) is 0 Å². The lowest BCUT2D eigenvalue weighted by atomic mass is 10.2. The molecule has 0 amide bonds. The molecule has 0 saturated carbocycles. The first-order valence-corrected chi connectivity index (χ1v) is 5.33. The van der Waals surface area contributed by atoms with E-state index in [9.17, 15) is 4.79 Å². The van der Waals surface area contributed by atoms with Crippen LogP contribution in [0.2, 0.25) is 0 Å². The highest BCUT2D eigenvalue weighted by molar-refractivity contribution is 5.57. The molecular formula is C12H9N5O. The minimum Gasteiger partial charge on any atom is -0.289 e. The quantitative estimate of drug-likeness (QED) is 0.724. The predicted molar refractivity (Wildman–Crippen MR) is 65.2 cm³/mol. The Morgan fingerprint density at radius 3 is 2.72 bits per heavy atom. The van der Waals surface area contributed by atoms with Crippen LogP contribution in [-0.2, 0) is 0 Å². The first-order chi connectivity index (χ1) is 8.84. The predicted octanol–water partition coefficient (Wildman–Crippen LogP) is 1.02. The lowest BCUT2D eigenvalue weighted by molar-refractivity contribution is 0.813. The first kappa shape index (κ1) is 10.4. The molecule has 3 aromatic rings. The molecule has 0 aromatic carbocycles. The normalized spacial score (nSPS) is 10.4. The fourth-order valence-corrected chi connectivity index (χ4v) is 1.64. The summed E-state index contributed by atoms with van der Waals surface area (Å²) in [5.74, 6) is 0.456. The number of hydrogen-bond donors (Lipinski definition) is 1. The van der Waals surface area contributed by atoms with Crippen LogP contribution in [-0.4, -0.2) is 24.7 Å². The average Bonchev–Trinajstić information content (AvgIpc) is 2.83. The highest BCUT2D eigenvalue weighted by Crippen LogP contribution is 2.13. The van der Waals surface area contributed by atoms with Gasteiger partial charge in [-0.3, -0.25) is 19.9 Å². The van der Waals surface area contributed by atoms with E-state index in [0.29, 0.717) is 11.5 Å². The smallest absolute Gasteiger partial charge is 0.273 e. The molecule has 3 heterocycles. The third-order valence-corrected chi connectivity index (χ3v) is 2.47. The molecule has 0 spiro atoms. The summed E-state index contributed by atoms with van der Waals surface area (Å²) >= 11 is 0. The summed E-state index contributed by atoms with van der Waals surface area (Å²) in [6, 6.07) is 5.19. The molecule has 3 rings (SSSR count). The van der Waals surface area contributed by atoms with Crippen LogP contribution in [0.15, 0.2) is 54.0 Å². The van der Waals surface area contributed by atoms with Crippen LogP contribution < -0.4 is 5.56 Å². The molecule has 1 N–H and O–H groups in total. The molecule has 3 aromatic heterocycles. The Bertz CT molecular complexity index is 702. The van der Waals surface area contributed by atoms with Gasteiger partial charge in [-0.25, -0.2) is 4.98 Å². The summed E-state index contributed by atoms with van der Waals surface area (Å²) < 4.78 is 1.34. The number of aromatic amines is 1. The van der Waals surface area contributed by atoms with Gasteiger partial charge in [0.1, 0.15) is 0 Å². The standard InChI is InChI=1S/C12H9N5O/c18-12-6-10(9-2-1-3-13-7-9)16-17(12)11-8-14-4-5-15-11/h1-8,16H. The van der Waals surface area contributed by atoms with Crippen LogP contribution in [0.4, 0.5) is 0 Å². The molecule has 0 aliphatic heterocycles. The van der Waals surface area contributed by atoms with Gasteiger partial charge in [0.15, 0.2) is 5.82 Å². The van der Waals surface area contributed by atoms with Crippen LogP contribution >= 0.6 is 0 Å². The summed E-state index contributed by atoms with van der Waals surface area (Å²) in [6.45, 7) is 0. The zero-order valence-corrected chi connectivity index (χ0v) is 9.32. The van der Waals surface area contributed by atoms with Gasteiger partial charge >= 0.3 is 0 Å². The van der Waals surface area contributed by atoms with E-state index in [-0.39, 0.29) is 5.56 Å². The van der Waals surface area contributed by atoms with Gasteiger partial charge in [0, 0.05) is 36.4 Å². The third kappa shape index (κ3) is 1.80. The zero-order chi connectivity index (χ0) is 12.4. The van der Waals surface area contributed by atoms with E-state index in [4.69, 9.17) is 0 Å². The van der Waals surface area contributed by atoms with E-state index in [2.05, 4.69) is 20.1 Å². The summed E-state index contributed by atoms with van der Waals surface area (Å²) in [7, 11) is 0. The van der Waals surface area contributed by atoms with Crippen LogP contribution in [0.3, 0.4) is 0 Å². The molecule has 6 heteroatoms. The lowest BCUT2D eigenvalue weighted by Gasteiger charge is -1.99. The fourth-order valence-electron chi connectivity index (χ4n) is 1.64. The highest BCUT2D eigenvalue weighted by atomic mass is 16.1. The number of nitrogens with zero attached hydrogens (tertiary/aromatic N) is 4. The van der Waals surface area contributed by atoms with E-state index in [0.717, 1.165) is 5.56 Å². The minimum atomic E-state index is -0.186. The molecule has 0 aliphatic carbocycles. The summed E-state index contributed by atoms with van der Waals surface area (Å²) in [6.07, 6.45) is 7.98. The summed E-state index contributed by atoms with van der Waals surface area (Å²) in [5.41, 5.74) is 1.35. The molecule has 0 saturated heterocycles. The van der Waals surface area contributed by atoms with Crippen molar-refractivity contribution in [1.82, 2.24) is 24.7 Å². The van der Waals surface area contributed by atoms with Gasteiger partial charge < -0.3 is 0 Å². The molecule has 18 heavy (non-hydrogen) atoms. The summed E-state index contributed by atoms with van der Waals surface area (Å²) in [4.78, 5) is 23.9. The molecule has 0 aliphatic rings. The molecule has 0 unspecified atom stereocenters. The van der Waals surface area contributed by atoms with Gasteiger partial charge in [-0.05, 0) is 12.1 Å². The van der Waals surface area contributed by atoms with Crippen molar-refractivity contribution in [2.45, 2.75) is 0 Å². The van der Waals surface area contributed by atoms with Gasteiger partial charge in [-0.1, -0.05) is 0 Å². The van der Waals surface area contributed by atoms with Crippen molar-refractivity contribution in [3.05, 3.63) is 59.5 Å². The monoisotopic (exact) mass is 239 g/mol. The SMILES string of the molecule is O=c1cc(-c2cccnc2)[nH]n1-c1cnccn1. The van der Waals surface area contributed by atoms with E-state index in [1.54, 1.807) is 18.6 Å². The van der Waals surface area contributed by atoms with Crippen molar-refractivity contribution in [1.29, 1.82) is 0 Å². The van der Waals surface area contributed by atoms with E-state index in [1.807, 2.05) is 12.1 Å². The third-order valence-electron chi connectivity index (χ3n) is 2.47. The number of pyridine rings is 1. The molecule has 0 radical (unpaired) electrons. The number of aromatic nitrogens is 5. The van der Waals surface area contributed by atoms with Crippen LogP contribution in [0.5, 0.6) is 0 Å². The molecule has 0 atom stereocenters. The Morgan fingerprint density at radius 1 is 1.11 bits per heavy atom. The van der Waals surface area contributed by atoms with Gasteiger partial charge in [-0.15, -0.1) is 0 Å². The van der Waals surface area contributed by atoms with Crippen molar-refractivity contribution in [3.8, 4) is 17.1 Å². The Balaban J connectivity index is 2.10. The topological polar surface area (TPSA) is 76.5 Å². The second-order valence-corrected chi connectivity index (χ2v) is 3.65. The molecule has 0 bridgehead atoms. The van der Waals surface area contributed by atoms with Gasteiger partial charge in [0.25, 0.3) is 5.56 Å². The average molecular weight is 239 g/mol. The van der Waals surface area contributed by atoms with Crippen LogP contribution in [0, 0.1) is 0 Å². The maximum atomic E-state index is 11.9. The Labute approximate surface area is 102 Å². The fraction of sp³-hybridized carbons (Fsp3) is 0. The van der Waals surface area contributed by atoms with Gasteiger partial charge in [0.2, 0.25) is 0 Å². The largest absolute Gasteiger partial charge is 0.289 e. The second kappa shape index (κ2) is 4.25. The minimum absolute atomic E-state index is 0.186. The Kier molecular flexibility index (Phi) is 2.45. The van der Waals surface area contributed by atoms with Crippen molar-refractivity contribution < 1.29 is 0 Å². The maximum Gasteiger partial charge on any atom is 0.273 e. The number of rotatable bonds is 2. The van der Waals surface area contributed by atoms with Crippen molar-refractivity contribution in [2.75, 3.05) is 0 Å². The first-order valence-electron chi connectivity index (χ1n) is 5.33. The Hall–Kier alpha value is -2.76. The van der Waals surface area contributed by atoms with E-state index in [1.165, 1.54) is 23.1 Å². The van der Waals surface area contributed by atoms with Crippen molar-refractivity contribution >= 4 is 0 Å². The van der Waals surface area contributed by atoms with Crippen LogP contribution in [0.25, 0.3) is 17.1 Å². The zero-order valence-electron chi connectivity index (χ0n) is 9.32. The van der Waals surface area contributed by atoms with Gasteiger partial charge in [-0.2, -0.15) is 4.68 Å². The van der Waals surface area contributed by atoms with Crippen molar-refractivity contribution in [3.63, 3.8) is 0 Å². The number of H-pyrrole nitrogens is 1. The molecular weight excluding hydrogens is 230 g/mol. The maximum absolute atomic E-state index is 11.9. The number of hydrogen-bond acceptors (Lipinski definition) is 4. The van der Waals surface area contributed by atoms with Gasteiger partial charge in [0.05, 0.1) is 11.9 Å². The summed E-state index contributed by atoms with van der Waals surface area (Å²) in [5, 5.41) is 2.98. The Morgan fingerprint density at radius 2 is 2.00 bits per heavy atom. The van der Waals surface area contributed by atoms with E-state index < -0.39 is 0 Å². The molecule has 88 valence electrons.